The van der Waals surface area contributed by atoms with Gasteiger partial charge in [0.25, 0.3) is 0 Å². The Kier molecular flexibility index (Phi) is 4.18. The normalized spacial score (nSPS) is 10.3. The van der Waals surface area contributed by atoms with E-state index in [0.717, 1.165) is 30.7 Å². The van der Waals surface area contributed by atoms with E-state index in [9.17, 15) is 4.79 Å². The molecule has 2 rings (SSSR count). The van der Waals surface area contributed by atoms with Crippen LogP contribution in [0.3, 0.4) is 0 Å². The largest absolute Gasteiger partial charge is 0.494 e. The number of nitrogens with zero attached hydrogens (tertiary/aromatic N) is 1. The minimum absolute atomic E-state index is 0.686. The molecule has 3 heteroatoms. The number of ether oxygens (including phenoxy) is 1. The van der Waals surface area contributed by atoms with Crippen molar-refractivity contribution >= 4 is 6.29 Å². The zero-order valence-corrected chi connectivity index (χ0v) is 10.5. The Labute approximate surface area is 107 Å². The zero-order chi connectivity index (χ0) is 12.8. The molecule has 0 unspecified atom stereocenters. The molecule has 0 radical (unpaired) electrons. The molecular weight excluding hydrogens is 226 g/mol. The molecule has 0 spiro atoms. The van der Waals surface area contributed by atoms with Crippen LogP contribution in [0.25, 0.3) is 0 Å². The van der Waals surface area contributed by atoms with E-state index in [-0.39, 0.29) is 0 Å². The van der Waals surface area contributed by atoms with Crippen molar-refractivity contribution in [2.75, 3.05) is 6.61 Å². The second-order valence-corrected chi connectivity index (χ2v) is 4.07. The molecule has 0 aliphatic heterocycles. The summed E-state index contributed by atoms with van der Waals surface area (Å²) in [6.45, 7) is 3.47. The lowest BCUT2D eigenvalue weighted by atomic mass is 10.1. The summed E-state index contributed by atoms with van der Waals surface area (Å²) in [5.41, 5.74) is 1.96. The predicted molar refractivity (Wildman–Crippen MR) is 71.1 cm³/mol. The van der Waals surface area contributed by atoms with Crippen molar-refractivity contribution in [1.29, 1.82) is 0 Å². The molecule has 0 amide bonds. The first-order chi connectivity index (χ1) is 8.83. The summed E-state index contributed by atoms with van der Waals surface area (Å²) in [7, 11) is 0. The Morgan fingerprint density at radius 2 is 2.00 bits per heavy atom. The Balaban J connectivity index is 1.95. The summed E-state index contributed by atoms with van der Waals surface area (Å²) in [6, 6.07) is 11.8. The van der Waals surface area contributed by atoms with Crippen LogP contribution in [0, 0.1) is 0 Å². The van der Waals surface area contributed by atoms with Crippen molar-refractivity contribution in [3.8, 4) is 5.75 Å². The molecule has 0 saturated heterocycles. The van der Waals surface area contributed by atoms with Gasteiger partial charge in [-0.3, -0.25) is 4.79 Å². The van der Waals surface area contributed by atoms with Gasteiger partial charge in [0.05, 0.1) is 12.3 Å². The van der Waals surface area contributed by atoms with Crippen LogP contribution in [-0.2, 0) is 13.0 Å². The molecule has 0 aliphatic carbocycles. The number of hydrogen-bond acceptors (Lipinski definition) is 2. The molecule has 0 atom stereocenters. The number of hydrogen-bond donors (Lipinski definition) is 0. The third-order valence-electron chi connectivity index (χ3n) is 2.86. The summed E-state index contributed by atoms with van der Waals surface area (Å²) in [4.78, 5) is 10.8. The third-order valence-corrected chi connectivity index (χ3v) is 2.86. The van der Waals surface area contributed by atoms with Crippen LogP contribution in [-0.4, -0.2) is 17.5 Å². The summed E-state index contributed by atoms with van der Waals surface area (Å²) in [6.07, 6.45) is 3.72. The van der Waals surface area contributed by atoms with E-state index >= 15 is 0 Å². The number of rotatable bonds is 6. The van der Waals surface area contributed by atoms with Gasteiger partial charge in [-0.25, -0.2) is 0 Å². The van der Waals surface area contributed by atoms with Crippen LogP contribution in [0.1, 0.15) is 23.0 Å². The number of aromatic nitrogens is 1. The predicted octanol–water partition coefficient (Wildman–Crippen LogP) is 2.94. The van der Waals surface area contributed by atoms with Crippen LogP contribution < -0.4 is 4.74 Å². The number of benzene rings is 1. The van der Waals surface area contributed by atoms with Crippen molar-refractivity contribution in [3.05, 3.63) is 53.9 Å². The molecule has 1 aromatic heterocycles. The van der Waals surface area contributed by atoms with Gasteiger partial charge < -0.3 is 9.30 Å². The lowest BCUT2D eigenvalue weighted by Gasteiger charge is -2.07. The molecular formula is C15H17NO2. The fourth-order valence-corrected chi connectivity index (χ4v) is 1.91. The second-order valence-electron chi connectivity index (χ2n) is 4.07. The fourth-order valence-electron chi connectivity index (χ4n) is 1.91. The first-order valence-corrected chi connectivity index (χ1v) is 6.15. The average molecular weight is 243 g/mol. The summed E-state index contributed by atoms with van der Waals surface area (Å²) >= 11 is 0. The van der Waals surface area contributed by atoms with Crippen molar-refractivity contribution < 1.29 is 9.53 Å². The van der Waals surface area contributed by atoms with Gasteiger partial charge >= 0.3 is 0 Å². The van der Waals surface area contributed by atoms with Gasteiger partial charge in [-0.1, -0.05) is 12.1 Å². The number of aryl methyl sites for hydroxylation is 2. The number of carbonyl (C=O) groups is 1. The Hall–Kier alpha value is -2.03. The maximum Gasteiger partial charge on any atom is 0.166 e. The van der Waals surface area contributed by atoms with Crippen LogP contribution in [0.15, 0.2) is 42.6 Å². The van der Waals surface area contributed by atoms with Crippen molar-refractivity contribution in [1.82, 2.24) is 4.57 Å². The lowest BCUT2D eigenvalue weighted by Crippen LogP contribution is -2.03. The van der Waals surface area contributed by atoms with Gasteiger partial charge in [-0.15, -0.1) is 0 Å². The molecule has 0 N–H and O–H groups in total. The van der Waals surface area contributed by atoms with E-state index < -0.39 is 0 Å². The topological polar surface area (TPSA) is 31.2 Å². The van der Waals surface area contributed by atoms with E-state index in [2.05, 4.69) is 12.1 Å². The molecule has 0 aliphatic rings. The van der Waals surface area contributed by atoms with Gasteiger partial charge in [0.15, 0.2) is 6.29 Å². The smallest absolute Gasteiger partial charge is 0.166 e. The van der Waals surface area contributed by atoms with E-state index in [1.807, 2.05) is 42.0 Å². The highest BCUT2D eigenvalue weighted by atomic mass is 16.5. The maximum absolute atomic E-state index is 10.8. The van der Waals surface area contributed by atoms with Gasteiger partial charge in [-0.2, -0.15) is 0 Å². The van der Waals surface area contributed by atoms with Crippen LogP contribution >= 0.6 is 0 Å². The molecule has 94 valence electrons. The van der Waals surface area contributed by atoms with E-state index in [0.29, 0.717) is 6.61 Å². The maximum atomic E-state index is 10.8. The van der Waals surface area contributed by atoms with Crippen LogP contribution in [0.5, 0.6) is 5.75 Å². The highest BCUT2D eigenvalue weighted by Crippen LogP contribution is 2.13. The van der Waals surface area contributed by atoms with Crippen LogP contribution in [0.4, 0.5) is 0 Å². The minimum Gasteiger partial charge on any atom is -0.494 e. The molecule has 1 heterocycles. The second kappa shape index (κ2) is 6.05. The summed E-state index contributed by atoms with van der Waals surface area (Å²) in [5, 5.41) is 0. The molecule has 18 heavy (non-hydrogen) atoms. The minimum atomic E-state index is 0.686. The Bertz CT molecular complexity index is 499. The standard InChI is InChI=1S/C15H17NO2/c1-2-18-15-7-5-13(6-8-15)9-11-16-10-3-4-14(16)12-17/h3-8,10,12H,2,9,11H2,1H3. The summed E-state index contributed by atoms with van der Waals surface area (Å²) in [5.74, 6) is 0.899. The van der Waals surface area contributed by atoms with Crippen molar-refractivity contribution in [2.24, 2.45) is 0 Å². The molecule has 3 nitrogen and oxygen atoms in total. The Morgan fingerprint density at radius 3 is 2.67 bits per heavy atom. The SMILES string of the molecule is CCOc1ccc(CCn2cccc2C=O)cc1. The molecule has 2 aromatic rings. The highest BCUT2D eigenvalue weighted by molar-refractivity contribution is 5.72. The number of aldehydes is 1. The Morgan fingerprint density at radius 1 is 1.22 bits per heavy atom. The number of carbonyl (C=O) groups excluding carboxylic acids is 1. The van der Waals surface area contributed by atoms with Crippen molar-refractivity contribution in [3.63, 3.8) is 0 Å². The zero-order valence-electron chi connectivity index (χ0n) is 10.5. The van der Waals surface area contributed by atoms with Gasteiger partial charge in [0.2, 0.25) is 0 Å². The lowest BCUT2D eigenvalue weighted by molar-refractivity contribution is 0.111. The fraction of sp³-hybridized carbons (Fsp3) is 0.267. The molecule has 0 bridgehead atoms. The van der Waals surface area contributed by atoms with Crippen molar-refractivity contribution in [2.45, 2.75) is 19.9 Å². The average Bonchev–Trinajstić information content (AvgIpc) is 2.86. The monoisotopic (exact) mass is 243 g/mol. The molecule has 0 saturated carbocycles. The van der Waals surface area contributed by atoms with Gasteiger partial charge in [0, 0.05) is 12.7 Å². The summed E-state index contributed by atoms with van der Waals surface area (Å²) < 4.78 is 7.36. The van der Waals surface area contributed by atoms with Gasteiger partial charge in [-0.05, 0) is 43.2 Å². The highest BCUT2D eigenvalue weighted by Gasteiger charge is 2.00. The van der Waals surface area contributed by atoms with E-state index in [1.165, 1.54) is 5.56 Å². The van der Waals surface area contributed by atoms with Crippen LogP contribution in [0.2, 0.25) is 0 Å². The third kappa shape index (κ3) is 3.00. The molecule has 0 fully saturated rings. The first-order valence-electron chi connectivity index (χ1n) is 6.15. The van der Waals surface area contributed by atoms with E-state index in [4.69, 9.17) is 4.74 Å². The molecule has 1 aromatic carbocycles. The quantitative estimate of drug-likeness (QED) is 0.730. The first kappa shape index (κ1) is 12.4. The van der Waals surface area contributed by atoms with E-state index in [1.54, 1.807) is 0 Å². The van der Waals surface area contributed by atoms with Gasteiger partial charge in [0.1, 0.15) is 5.75 Å².